The number of aryl methyl sites for hydroxylation is 1. The van der Waals surface area contributed by atoms with Crippen LogP contribution < -0.4 is 10.2 Å². The minimum absolute atomic E-state index is 0.129. The molecule has 2 amide bonds. The molecule has 1 unspecified atom stereocenters. The van der Waals surface area contributed by atoms with Gasteiger partial charge in [-0.05, 0) is 5.56 Å². The van der Waals surface area contributed by atoms with Crippen LogP contribution in [0, 0.1) is 0 Å². The Morgan fingerprint density at radius 3 is 2.62 bits per heavy atom. The first-order valence-electron chi connectivity index (χ1n) is 6.80. The number of carbonyl (C=O) groups is 2. The molecule has 1 saturated heterocycles. The highest BCUT2D eigenvalue weighted by molar-refractivity contribution is 6.01. The van der Waals surface area contributed by atoms with Gasteiger partial charge in [0.2, 0.25) is 5.91 Å². The molecule has 1 N–H and O–H groups in total. The molecular formula is C15H16N4O2. The zero-order valence-corrected chi connectivity index (χ0v) is 11.7. The van der Waals surface area contributed by atoms with Crippen LogP contribution in [0.5, 0.6) is 0 Å². The maximum absolute atomic E-state index is 12.8. The number of nitrogens with one attached hydrogen (secondary N) is 1. The Kier molecular flexibility index (Phi) is 3.43. The van der Waals surface area contributed by atoms with Crippen molar-refractivity contribution in [1.29, 1.82) is 0 Å². The number of benzene rings is 1. The zero-order chi connectivity index (χ0) is 14.8. The maximum atomic E-state index is 12.8. The van der Waals surface area contributed by atoms with Gasteiger partial charge in [-0.1, -0.05) is 30.3 Å². The Balaban J connectivity index is 1.96. The smallest absolute Gasteiger partial charge is 0.255 e. The van der Waals surface area contributed by atoms with E-state index in [0.717, 1.165) is 5.56 Å². The molecule has 108 valence electrons. The number of hydrogen-bond donors (Lipinski definition) is 1. The van der Waals surface area contributed by atoms with Crippen molar-refractivity contribution in [2.45, 2.75) is 12.5 Å². The van der Waals surface area contributed by atoms with E-state index >= 15 is 0 Å². The lowest BCUT2D eigenvalue weighted by Gasteiger charge is -2.22. The van der Waals surface area contributed by atoms with E-state index in [0.29, 0.717) is 12.4 Å². The number of aromatic nitrogens is 2. The van der Waals surface area contributed by atoms with Crippen LogP contribution in [0.2, 0.25) is 0 Å². The van der Waals surface area contributed by atoms with Gasteiger partial charge in [0.05, 0.1) is 0 Å². The molecule has 0 saturated carbocycles. The molecular weight excluding hydrogens is 268 g/mol. The molecule has 6 heteroatoms. The molecule has 1 aromatic carbocycles. The summed E-state index contributed by atoms with van der Waals surface area (Å²) >= 11 is 0. The number of anilines is 1. The molecule has 6 nitrogen and oxygen atoms in total. The van der Waals surface area contributed by atoms with Crippen molar-refractivity contribution in [3.05, 3.63) is 48.2 Å². The Morgan fingerprint density at radius 1 is 1.19 bits per heavy atom. The van der Waals surface area contributed by atoms with Gasteiger partial charge < -0.3 is 5.32 Å². The second kappa shape index (κ2) is 5.40. The van der Waals surface area contributed by atoms with Gasteiger partial charge in [0, 0.05) is 32.3 Å². The number of nitrogens with zero attached hydrogens (tertiary/aromatic N) is 3. The zero-order valence-electron chi connectivity index (χ0n) is 11.7. The minimum atomic E-state index is -0.664. The number of carbonyl (C=O) groups excluding carboxylic acids is 2. The summed E-state index contributed by atoms with van der Waals surface area (Å²) in [5.41, 5.74) is 0.777. The van der Waals surface area contributed by atoms with Crippen molar-refractivity contribution >= 4 is 17.6 Å². The third kappa shape index (κ3) is 2.65. The molecule has 0 spiro atoms. The van der Waals surface area contributed by atoms with Crippen LogP contribution in [-0.2, 0) is 16.6 Å². The summed E-state index contributed by atoms with van der Waals surface area (Å²) in [5, 5.41) is 7.05. The molecule has 1 aliphatic heterocycles. The lowest BCUT2D eigenvalue weighted by Crippen LogP contribution is -2.38. The fraction of sp³-hybridized carbons (Fsp3) is 0.267. The average Bonchev–Trinajstić information content (AvgIpc) is 2.85. The van der Waals surface area contributed by atoms with E-state index < -0.39 is 6.04 Å². The summed E-state index contributed by atoms with van der Waals surface area (Å²) in [6.45, 7) is 0.338. The van der Waals surface area contributed by atoms with Gasteiger partial charge in [0.25, 0.3) is 5.91 Å². The van der Waals surface area contributed by atoms with Gasteiger partial charge in [-0.15, -0.1) is 0 Å². The number of rotatable bonds is 2. The van der Waals surface area contributed by atoms with Crippen LogP contribution in [0.4, 0.5) is 5.82 Å². The van der Waals surface area contributed by atoms with Crippen LogP contribution in [-0.4, -0.2) is 28.1 Å². The summed E-state index contributed by atoms with van der Waals surface area (Å²) in [5.74, 6) is 0.279. The second-order valence-electron chi connectivity index (χ2n) is 5.00. The van der Waals surface area contributed by atoms with E-state index in [1.165, 1.54) is 0 Å². The Hall–Kier alpha value is -2.63. The first-order valence-corrected chi connectivity index (χ1v) is 6.80. The van der Waals surface area contributed by atoms with Crippen molar-refractivity contribution in [3.8, 4) is 0 Å². The Morgan fingerprint density at radius 2 is 1.95 bits per heavy atom. The predicted octanol–water partition coefficient (Wildman–Crippen LogP) is 1.01. The van der Waals surface area contributed by atoms with Crippen molar-refractivity contribution < 1.29 is 9.59 Å². The molecule has 2 aromatic rings. The lowest BCUT2D eigenvalue weighted by atomic mass is 10.1. The number of amides is 2. The largest absolute Gasteiger partial charge is 0.340 e. The van der Waals surface area contributed by atoms with Crippen molar-refractivity contribution in [2.75, 3.05) is 11.4 Å². The first-order chi connectivity index (χ1) is 10.1. The van der Waals surface area contributed by atoms with E-state index in [1.807, 2.05) is 30.3 Å². The molecule has 0 radical (unpaired) electrons. The standard InChI is InChI=1S/C15H16N4O2/c1-18-9-7-12(17-18)19-10-8-13(20)16-14(15(19)21)11-5-3-2-4-6-11/h2-7,9,14H,8,10H2,1H3,(H,16,20). The van der Waals surface area contributed by atoms with Crippen LogP contribution >= 0.6 is 0 Å². The molecule has 2 heterocycles. The van der Waals surface area contributed by atoms with Crippen LogP contribution in [0.3, 0.4) is 0 Å². The van der Waals surface area contributed by atoms with E-state index in [1.54, 1.807) is 28.9 Å². The third-order valence-electron chi connectivity index (χ3n) is 3.49. The molecule has 1 atom stereocenters. The molecule has 1 aliphatic rings. The lowest BCUT2D eigenvalue weighted by molar-refractivity contribution is -0.125. The van der Waals surface area contributed by atoms with Crippen LogP contribution in [0.1, 0.15) is 18.0 Å². The van der Waals surface area contributed by atoms with Gasteiger partial charge in [-0.2, -0.15) is 5.10 Å². The first kappa shape index (κ1) is 13.4. The van der Waals surface area contributed by atoms with E-state index in [4.69, 9.17) is 0 Å². The molecule has 1 aromatic heterocycles. The molecule has 0 aliphatic carbocycles. The summed E-state index contributed by atoms with van der Waals surface area (Å²) in [4.78, 5) is 26.2. The van der Waals surface area contributed by atoms with Gasteiger partial charge in [-0.3, -0.25) is 19.2 Å². The fourth-order valence-electron chi connectivity index (χ4n) is 2.42. The van der Waals surface area contributed by atoms with Crippen molar-refractivity contribution in [3.63, 3.8) is 0 Å². The summed E-state index contributed by atoms with van der Waals surface area (Å²) in [7, 11) is 1.80. The molecule has 21 heavy (non-hydrogen) atoms. The average molecular weight is 284 g/mol. The molecule has 0 bridgehead atoms. The van der Waals surface area contributed by atoms with Gasteiger partial charge in [0.15, 0.2) is 5.82 Å². The normalized spacial score (nSPS) is 19.3. The van der Waals surface area contributed by atoms with Crippen molar-refractivity contribution in [1.82, 2.24) is 15.1 Å². The predicted molar refractivity (Wildman–Crippen MR) is 77.5 cm³/mol. The highest BCUT2D eigenvalue weighted by Crippen LogP contribution is 2.22. The monoisotopic (exact) mass is 284 g/mol. The van der Waals surface area contributed by atoms with E-state index in [2.05, 4.69) is 10.4 Å². The maximum Gasteiger partial charge on any atom is 0.255 e. The van der Waals surface area contributed by atoms with Gasteiger partial charge in [-0.25, -0.2) is 0 Å². The Bertz CT molecular complexity index is 665. The minimum Gasteiger partial charge on any atom is -0.340 e. The summed E-state index contributed by atoms with van der Waals surface area (Å²) in [6.07, 6.45) is 2.05. The van der Waals surface area contributed by atoms with E-state index in [9.17, 15) is 9.59 Å². The Labute approximate surface area is 122 Å². The van der Waals surface area contributed by atoms with Gasteiger partial charge in [0.1, 0.15) is 6.04 Å². The third-order valence-corrected chi connectivity index (χ3v) is 3.49. The van der Waals surface area contributed by atoms with Crippen LogP contribution in [0.25, 0.3) is 0 Å². The summed E-state index contributed by atoms with van der Waals surface area (Å²) in [6, 6.07) is 10.4. The van der Waals surface area contributed by atoms with Crippen LogP contribution in [0.15, 0.2) is 42.6 Å². The second-order valence-corrected chi connectivity index (χ2v) is 5.00. The highest BCUT2D eigenvalue weighted by Gasteiger charge is 2.32. The fourth-order valence-corrected chi connectivity index (χ4v) is 2.42. The SMILES string of the molecule is Cn1ccc(N2CCC(=O)NC(c3ccccc3)C2=O)n1. The topological polar surface area (TPSA) is 67.2 Å². The van der Waals surface area contributed by atoms with Gasteiger partial charge >= 0.3 is 0 Å². The quantitative estimate of drug-likeness (QED) is 0.895. The molecule has 1 fully saturated rings. The number of hydrogen-bond acceptors (Lipinski definition) is 3. The van der Waals surface area contributed by atoms with Crippen molar-refractivity contribution in [2.24, 2.45) is 7.05 Å². The summed E-state index contributed by atoms with van der Waals surface area (Å²) < 4.78 is 1.64. The van der Waals surface area contributed by atoms with E-state index in [-0.39, 0.29) is 18.2 Å². The highest BCUT2D eigenvalue weighted by atomic mass is 16.2. The molecule has 3 rings (SSSR count).